The van der Waals surface area contributed by atoms with Crippen molar-refractivity contribution in [3.8, 4) is 0 Å². The van der Waals surface area contributed by atoms with E-state index in [0.29, 0.717) is 0 Å². The first kappa shape index (κ1) is 13.6. The van der Waals surface area contributed by atoms with Crippen molar-refractivity contribution >= 4 is 5.57 Å². The van der Waals surface area contributed by atoms with Crippen molar-refractivity contribution in [1.82, 2.24) is 0 Å². The summed E-state index contributed by atoms with van der Waals surface area (Å²) < 4.78 is 5.13. The molecule has 0 fully saturated rings. The van der Waals surface area contributed by atoms with Crippen LogP contribution in [0.5, 0.6) is 0 Å². The average molecular weight is 216 g/mol. The first-order chi connectivity index (χ1) is 7.92. The van der Waals surface area contributed by atoms with Crippen molar-refractivity contribution in [3.05, 3.63) is 78.1 Å². The summed E-state index contributed by atoms with van der Waals surface area (Å²) in [6.07, 6.45) is 1.75. The van der Waals surface area contributed by atoms with Crippen LogP contribution in [0.4, 0.5) is 0 Å². The molecule has 17 heavy (non-hydrogen) atoms. The molecule has 0 unspecified atom stereocenters. The Labute approximate surface area is 114 Å². The molecule has 0 saturated carbocycles. The summed E-state index contributed by atoms with van der Waals surface area (Å²) in [5, 5.41) is 0. The third-order valence-electron chi connectivity index (χ3n) is 2.32. The van der Waals surface area contributed by atoms with Gasteiger partial charge in [0.1, 0.15) is 0 Å². The molecule has 0 atom stereocenters. The summed E-state index contributed by atoms with van der Waals surface area (Å²) >= 11 is 0. The van der Waals surface area contributed by atoms with Crippen LogP contribution >= 0.6 is 0 Å². The van der Waals surface area contributed by atoms with Crippen LogP contribution in [0.3, 0.4) is 0 Å². The second kappa shape index (κ2) is 7.01. The van der Waals surface area contributed by atoms with Crippen LogP contribution in [-0.4, -0.2) is 7.11 Å². The molecule has 0 amide bonds. The number of methoxy groups -OCH3 is 1. The minimum atomic E-state index is 0. The number of ether oxygens (including phenoxy) is 1. The van der Waals surface area contributed by atoms with Crippen molar-refractivity contribution in [1.29, 1.82) is 0 Å². The van der Waals surface area contributed by atoms with E-state index in [2.05, 4.69) is 18.2 Å². The van der Waals surface area contributed by atoms with Crippen LogP contribution < -0.4 is 18.9 Å². The minimum absolute atomic E-state index is 0. The average Bonchev–Trinajstić information content (AvgIpc) is 2.38. The van der Waals surface area contributed by atoms with Gasteiger partial charge in [-0.25, -0.2) is 0 Å². The number of rotatable bonds is 3. The quantitative estimate of drug-likeness (QED) is 0.413. The normalized spacial score (nSPS) is 10.5. The molecule has 2 aromatic rings. The molecule has 2 rings (SSSR count). The molecule has 0 spiro atoms. The fourth-order valence-electron chi connectivity index (χ4n) is 1.58. The van der Waals surface area contributed by atoms with Crippen molar-refractivity contribution in [2.75, 3.05) is 7.11 Å². The first-order valence-electron chi connectivity index (χ1n) is 5.17. The Morgan fingerprint density at radius 1 is 1.06 bits per heavy atom. The summed E-state index contributed by atoms with van der Waals surface area (Å²) in [6.45, 7) is 0. The molecule has 0 aromatic heterocycles. The van der Waals surface area contributed by atoms with Crippen LogP contribution in [0, 0.1) is 6.07 Å². The van der Waals surface area contributed by atoms with Gasteiger partial charge < -0.3 is 4.74 Å². The van der Waals surface area contributed by atoms with E-state index in [1.165, 1.54) is 0 Å². The van der Waals surface area contributed by atoms with Gasteiger partial charge in [-0.05, 0) is 0 Å². The molecule has 0 bridgehead atoms. The zero-order valence-electron chi connectivity index (χ0n) is 10.2. The molecule has 0 heterocycles. The number of benzene rings is 2. The van der Waals surface area contributed by atoms with E-state index in [0.717, 1.165) is 16.7 Å². The van der Waals surface area contributed by atoms with Gasteiger partial charge in [0.05, 0.1) is 7.11 Å². The molecule has 0 aliphatic heterocycles. The van der Waals surface area contributed by atoms with Gasteiger partial charge in [0.2, 0.25) is 0 Å². The van der Waals surface area contributed by atoms with Gasteiger partial charge in [-0.2, -0.15) is 0 Å². The zero-order valence-corrected chi connectivity index (χ0v) is 10.2. The maximum atomic E-state index is 5.13. The van der Waals surface area contributed by atoms with E-state index in [-0.39, 0.29) is 18.9 Å². The van der Waals surface area contributed by atoms with Gasteiger partial charge in [0.25, 0.3) is 0 Å². The van der Waals surface area contributed by atoms with E-state index >= 15 is 0 Å². The molecule has 1 nitrogen and oxygen atoms in total. The number of hydrogen-bond acceptors (Lipinski definition) is 1. The first-order valence-corrected chi connectivity index (χ1v) is 5.17. The SMILES string of the molecule is CO/C=C(/c1[c-]cccc1)c1ccccc1.[Li+]. The van der Waals surface area contributed by atoms with Gasteiger partial charge >= 0.3 is 18.9 Å². The standard InChI is InChI=1S/C15H13O.Li/c1-16-12-15(13-8-4-2-5-9-13)14-10-6-3-7-11-14;/h2-10,12H,1H3;/q-1;+1/b15-12+;. The minimum Gasteiger partial charge on any atom is -0.513 e. The summed E-state index contributed by atoms with van der Waals surface area (Å²) in [5.41, 5.74) is 3.21. The Morgan fingerprint density at radius 3 is 2.35 bits per heavy atom. The van der Waals surface area contributed by atoms with Gasteiger partial charge in [-0.3, -0.25) is 0 Å². The molecule has 0 aliphatic rings. The van der Waals surface area contributed by atoms with Crippen molar-refractivity contribution in [3.63, 3.8) is 0 Å². The van der Waals surface area contributed by atoms with Gasteiger partial charge in [-0.15, -0.1) is 35.9 Å². The Bertz CT molecular complexity index is 421. The molecular formula is C15H13LiO. The second-order valence-electron chi connectivity index (χ2n) is 3.41. The number of hydrogen-bond donors (Lipinski definition) is 0. The summed E-state index contributed by atoms with van der Waals surface area (Å²) in [7, 11) is 1.66. The Balaban J connectivity index is 0.00000144. The Hall–Kier alpha value is -1.42. The van der Waals surface area contributed by atoms with Gasteiger partial charge in [0, 0.05) is 6.26 Å². The van der Waals surface area contributed by atoms with Crippen LogP contribution in [0.25, 0.3) is 5.57 Å². The maximum absolute atomic E-state index is 5.13. The Kier molecular flexibility index (Phi) is 5.63. The second-order valence-corrected chi connectivity index (χ2v) is 3.41. The fourth-order valence-corrected chi connectivity index (χ4v) is 1.58. The van der Waals surface area contributed by atoms with E-state index in [9.17, 15) is 0 Å². The zero-order chi connectivity index (χ0) is 11.2. The van der Waals surface area contributed by atoms with Crippen molar-refractivity contribution in [2.24, 2.45) is 0 Å². The van der Waals surface area contributed by atoms with E-state index in [1.807, 2.05) is 42.5 Å². The monoisotopic (exact) mass is 216 g/mol. The third kappa shape index (κ3) is 3.52. The fraction of sp³-hybridized carbons (Fsp3) is 0.0667. The molecule has 0 aliphatic carbocycles. The smallest absolute Gasteiger partial charge is 0.513 e. The molecule has 2 heteroatoms. The van der Waals surface area contributed by atoms with Gasteiger partial charge in [0.15, 0.2) is 0 Å². The molecule has 0 N–H and O–H groups in total. The van der Waals surface area contributed by atoms with Crippen molar-refractivity contribution in [2.45, 2.75) is 0 Å². The van der Waals surface area contributed by atoms with Crippen LogP contribution in [0.1, 0.15) is 11.1 Å². The van der Waals surface area contributed by atoms with E-state index in [4.69, 9.17) is 4.74 Å². The van der Waals surface area contributed by atoms with Gasteiger partial charge in [-0.1, -0.05) is 41.5 Å². The summed E-state index contributed by atoms with van der Waals surface area (Å²) in [6, 6.07) is 21.2. The summed E-state index contributed by atoms with van der Waals surface area (Å²) in [4.78, 5) is 0. The third-order valence-corrected chi connectivity index (χ3v) is 2.32. The van der Waals surface area contributed by atoms with Crippen LogP contribution in [-0.2, 0) is 4.74 Å². The van der Waals surface area contributed by atoms with Crippen LogP contribution in [0.2, 0.25) is 0 Å². The summed E-state index contributed by atoms with van der Waals surface area (Å²) in [5.74, 6) is 0. The molecule has 0 radical (unpaired) electrons. The largest absolute Gasteiger partial charge is 1.00 e. The van der Waals surface area contributed by atoms with Crippen molar-refractivity contribution < 1.29 is 23.6 Å². The predicted octanol–water partition coefficient (Wildman–Crippen LogP) is 0.526. The topological polar surface area (TPSA) is 9.23 Å². The van der Waals surface area contributed by atoms with E-state index < -0.39 is 0 Å². The molecular weight excluding hydrogens is 203 g/mol. The molecule has 80 valence electrons. The Morgan fingerprint density at radius 2 is 1.76 bits per heavy atom. The maximum Gasteiger partial charge on any atom is 1.00 e. The predicted molar refractivity (Wildman–Crippen MR) is 65.8 cm³/mol. The molecule has 0 saturated heterocycles. The van der Waals surface area contributed by atoms with Crippen LogP contribution in [0.15, 0.2) is 60.9 Å². The van der Waals surface area contributed by atoms with E-state index in [1.54, 1.807) is 13.4 Å². The molecule has 2 aromatic carbocycles.